The third kappa shape index (κ3) is 5.36. The standard InChI is InChI=1S/C18H29N5O.HI/c1-22(2)17(24)11-20-18(19-10-14-6-7-23(3)12-14)21-16-9-13-4-5-15(16)8-13;/h6-7,12-13,15-16H,4-5,8-11H2,1-3H3,(H2,19,20,21);1H. The molecule has 0 spiro atoms. The number of amides is 1. The first kappa shape index (κ1) is 20.1. The molecule has 0 radical (unpaired) electrons. The molecular weight excluding hydrogens is 429 g/mol. The first-order valence-corrected chi connectivity index (χ1v) is 8.87. The smallest absolute Gasteiger partial charge is 0.241 e. The zero-order chi connectivity index (χ0) is 17.1. The van der Waals surface area contributed by atoms with Gasteiger partial charge in [0, 0.05) is 39.6 Å². The summed E-state index contributed by atoms with van der Waals surface area (Å²) in [7, 11) is 5.55. The van der Waals surface area contributed by atoms with Crippen molar-refractivity contribution in [1.82, 2.24) is 20.1 Å². The first-order valence-electron chi connectivity index (χ1n) is 8.87. The van der Waals surface area contributed by atoms with Gasteiger partial charge in [0.15, 0.2) is 5.96 Å². The maximum Gasteiger partial charge on any atom is 0.241 e. The van der Waals surface area contributed by atoms with Crippen molar-refractivity contribution in [3.63, 3.8) is 0 Å². The van der Waals surface area contributed by atoms with Gasteiger partial charge in [-0.1, -0.05) is 6.42 Å². The van der Waals surface area contributed by atoms with E-state index in [1.807, 2.05) is 17.8 Å². The average molecular weight is 459 g/mol. The Morgan fingerprint density at radius 3 is 2.72 bits per heavy atom. The summed E-state index contributed by atoms with van der Waals surface area (Å²) in [5, 5.41) is 6.79. The first-order chi connectivity index (χ1) is 11.5. The summed E-state index contributed by atoms with van der Waals surface area (Å²) in [6.07, 6.45) is 9.38. The maximum absolute atomic E-state index is 11.9. The van der Waals surface area contributed by atoms with E-state index in [4.69, 9.17) is 4.99 Å². The van der Waals surface area contributed by atoms with Crippen LogP contribution in [0, 0.1) is 11.8 Å². The Morgan fingerprint density at radius 2 is 2.16 bits per heavy atom. The predicted octanol–water partition coefficient (Wildman–Crippen LogP) is 1.96. The third-order valence-electron chi connectivity index (χ3n) is 5.28. The minimum Gasteiger partial charge on any atom is -0.357 e. The van der Waals surface area contributed by atoms with E-state index in [1.165, 1.54) is 31.2 Å². The van der Waals surface area contributed by atoms with Crippen LogP contribution in [-0.2, 0) is 18.4 Å². The number of aryl methyl sites for hydroxylation is 1. The topological polar surface area (TPSA) is 61.7 Å². The van der Waals surface area contributed by atoms with Gasteiger partial charge in [0.1, 0.15) is 0 Å². The molecule has 2 fully saturated rings. The second kappa shape index (κ2) is 8.91. The van der Waals surface area contributed by atoms with E-state index in [-0.39, 0.29) is 36.4 Å². The molecule has 25 heavy (non-hydrogen) atoms. The van der Waals surface area contributed by atoms with Gasteiger partial charge in [0.25, 0.3) is 0 Å². The number of nitrogens with one attached hydrogen (secondary N) is 2. The number of carbonyl (C=O) groups excluding carboxylic acids is 1. The van der Waals surface area contributed by atoms with Crippen molar-refractivity contribution in [1.29, 1.82) is 0 Å². The Kier molecular flexibility index (Phi) is 7.15. The largest absolute Gasteiger partial charge is 0.357 e. The molecule has 2 bridgehead atoms. The van der Waals surface area contributed by atoms with Crippen LogP contribution in [0.2, 0.25) is 0 Å². The number of fused-ring (bicyclic) bond motifs is 2. The van der Waals surface area contributed by atoms with Gasteiger partial charge < -0.3 is 20.1 Å². The van der Waals surface area contributed by atoms with E-state index >= 15 is 0 Å². The van der Waals surface area contributed by atoms with E-state index in [2.05, 4.69) is 22.9 Å². The van der Waals surface area contributed by atoms with Crippen molar-refractivity contribution in [2.75, 3.05) is 20.6 Å². The molecule has 2 aliphatic carbocycles. The SMILES string of the molecule is CN(C)C(=O)CNC(=NCc1ccn(C)c1)NC1CC2CCC1C2.I. The fraction of sp³-hybridized carbons (Fsp3) is 0.667. The Bertz CT molecular complexity index is 612. The molecule has 0 aromatic carbocycles. The fourth-order valence-corrected chi connectivity index (χ4v) is 3.89. The molecule has 1 amide bonds. The highest BCUT2D eigenvalue weighted by atomic mass is 127. The van der Waals surface area contributed by atoms with Crippen molar-refractivity contribution >= 4 is 35.8 Å². The van der Waals surface area contributed by atoms with Crippen LogP contribution in [0.5, 0.6) is 0 Å². The Morgan fingerprint density at radius 1 is 1.36 bits per heavy atom. The Labute approximate surface area is 167 Å². The summed E-state index contributed by atoms with van der Waals surface area (Å²) in [6, 6.07) is 2.57. The molecule has 0 saturated heterocycles. The third-order valence-corrected chi connectivity index (χ3v) is 5.28. The lowest BCUT2D eigenvalue weighted by molar-refractivity contribution is -0.127. The lowest BCUT2D eigenvalue weighted by Crippen LogP contribution is -2.48. The molecule has 2 N–H and O–H groups in total. The summed E-state index contributed by atoms with van der Waals surface area (Å²) in [4.78, 5) is 18.2. The summed E-state index contributed by atoms with van der Waals surface area (Å²) < 4.78 is 2.02. The van der Waals surface area contributed by atoms with Gasteiger partial charge in [0.05, 0.1) is 13.1 Å². The van der Waals surface area contributed by atoms with E-state index in [0.717, 1.165) is 17.8 Å². The molecule has 7 heteroatoms. The van der Waals surface area contributed by atoms with Crippen molar-refractivity contribution in [2.45, 2.75) is 38.3 Å². The van der Waals surface area contributed by atoms with Gasteiger partial charge in [-0.3, -0.25) is 4.79 Å². The molecule has 2 saturated carbocycles. The van der Waals surface area contributed by atoms with Gasteiger partial charge in [-0.25, -0.2) is 4.99 Å². The number of likely N-dealkylation sites (N-methyl/N-ethyl adjacent to an activating group) is 1. The van der Waals surface area contributed by atoms with Crippen LogP contribution in [-0.4, -0.2) is 48.0 Å². The van der Waals surface area contributed by atoms with Crippen LogP contribution in [0.4, 0.5) is 0 Å². The number of aromatic nitrogens is 1. The number of hydrogen-bond donors (Lipinski definition) is 2. The molecule has 3 atom stereocenters. The molecule has 1 heterocycles. The van der Waals surface area contributed by atoms with Crippen LogP contribution < -0.4 is 10.6 Å². The molecule has 1 aromatic rings. The summed E-state index contributed by atoms with van der Waals surface area (Å²) in [5.74, 6) is 2.46. The minimum atomic E-state index is 0. The van der Waals surface area contributed by atoms with Crippen molar-refractivity contribution in [3.05, 3.63) is 24.0 Å². The van der Waals surface area contributed by atoms with Crippen LogP contribution >= 0.6 is 24.0 Å². The Balaban J connectivity index is 0.00000225. The highest BCUT2D eigenvalue weighted by Gasteiger charge is 2.39. The van der Waals surface area contributed by atoms with Crippen LogP contribution in [0.15, 0.2) is 23.5 Å². The van der Waals surface area contributed by atoms with Gasteiger partial charge in [-0.05, 0) is 42.7 Å². The van der Waals surface area contributed by atoms with Crippen LogP contribution in [0.25, 0.3) is 0 Å². The van der Waals surface area contributed by atoms with E-state index < -0.39 is 0 Å². The van der Waals surface area contributed by atoms with Crippen molar-refractivity contribution in [2.24, 2.45) is 23.9 Å². The van der Waals surface area contributed by atoms with Gasteiger partial charge in [-0.15, -0.1) is 24.0 Å². The number of rotatable bonds is 5. The minimum absolute atomic E-state index is 0. The molecule has 140 valence electrons. The second-order valence-electron chi connectivity index (χ2n) is 7.42. The van der Waals surface area contributed by atoms with Gasteiger partial charge in [0.2, 0.25) is 5.91 Å². The highest BCUT2D eigenvalue weighted by Crippen LogP contribution is 2.44. The molecule has 2 aliphatic rings. The van der Waals surface area contributed by atoms with E-state index in [0.29, 0.717) is 12.6 Å². The average Bonchev–Trinajstić information content (AvgIpc) is 3.26. The quantitative estimate of drug-likeness (QED) is 0.402. The summed E-state index contributed by atoms with van der Waals surface area (Å²) >= 11 is 0. The zero-order valence-electron chi connectivity index (χ0n) is 15.4. The van der Waals surface area contributed by atoms with Crippen molar-refractivity contribution in [3.8, 4) is 0 Å². The molecule has 6 nitrogen and oxygen atoms in total. The van der Waals surface area contributed by atoms with Crippen LogP contribution in [0.1, 0.15) is 31.2 Å². The normalized spacial score (nSPS) is 24.8. The summed E-state index contributed by atoms with van der Waals surface area (Å²) in [5.41, 5.74) is 1.17. The van der Waals surface area contributed by atoms with Gasteiger partial charge in [-0.2, -0.15) is 0 Å². The van der Waals surface area contributed by atoms with E-state index in [1.54, 1.807) is 19.0 Å². The molecule has 3 rings (SSSR count). The number of carbonyl (C=O) groups is 1. The monoisotopic (exact) mass is 459 g/mol. The number of nitrogens with zero attached hydrogens (tertiary/aromatic N) is 3. The number of guanidine groups is 1. The molecule has 3 unspecified atom stereocenters. The van der Waals surface area contributed by atoms with Crippen molar-refractivity contribution < 1.29 is 4.79 Å². The number of aliphatic imine (C=N–C) groups is 1. The summed E-state index contributed by atoms with van der Waals surface area (Å²) in [6.45, 7) is 0.890. The van der Waals surface area contributed by atoms with E-state index in [9.17, 15) is 4.79 Å². The number of hydrogen-bond acceptors (Lipinski definition) is 2. The molecular formula is C18H30IN5O. The lowest BCUT2D eigenvalue weighted by atomic mass is 9.95. The van der Waals surface area contributed by atoms with Gasteiger partial charge >= 0.3 is 0 Å². The molecule has 1 aromatic heterocycles. The highest BCUT2D eigenvalue weighted by molar-refractivity contribution is 14.0. The second-order valence-corrected chi connectivity index (χ2v) is 7.42. The molecule has 0 aliphatic heterocycles. The lowest BCUT2D eigenvalue weighted by Gasteiger charge is -2.25. The van der Waals surface area contributed by atoms with Crippen LogP contribution in [0.3, 0.4) is 0 Å². The zero-order valence-corrected chi connectivity index (χ0v) is 17.7. The number of halogens is 1. The maximum atomic E-state index is 11.9. The predicted molar refractivity (Wildman–Crippen MR) is 111 cm³/mol. The Hall–Kier alpha value is -1.25. The fourth-order valence-electron chi connectivity index (χ4n) is 3.89.